The molecule has 0 saturated carbocycles. The minimum absolute atomic E-state index is 0.104. The van der Waals surface area contributed by atoms with Crippen LogP contribution < -0.4 is 15.8 Å². The molecule has 2 N–H and O–H groups in total. The van der Waals surface area contributed by atoms with E-state index in [0.29, 0.717) is 18.9 Å². The Morgan fingerprint density at radius 2 is 2.16 bits per heavy atom. The monoisotopic (exact) mass is 340 g/mol. The number of amides is 1. The van der Waals surface area contributed by atoms with Gasteiger partial charge in [-0.15, -0.1) is 0 Å². The van der Waals surface area contributed by atoms with Gasteiger partial charge < -0.3 is 10.2 Å². The molecular formula is C19H24N4O2. The molecule has 3 rings (SSSR count). The molecule has 6 nitrogen and oxygen atoms in total. The summed E-state index contributed by atoms with van der Waals surface area (Å²) < 4.78 is 0. The van der Waals surface area contributed by atoms with Crippen molar-refractivity contribution in [2.75, 3.05) is 24.5 Å². The molecular weight excluding hydrogens is 316 g/mol. The molecule has 0 spiro atoms. The van der Waals surface area contributed by atoms with E-state index in [1.807, 2.05) is 18.2 Å². The molecule has 2 aromatic rings. The number of rotatable bonds is 6. The molecule has 1 aromatic heterocycles. The van der Waals surface area contributed by atoms with Crippen LogP contribution >= 0.6 is 0 Å². The third kappa shape index (κ3) is 5.17. The number of piperidine rings is 1. The normalized spacial score (nSPS) is 17.3. The Labute approximate surface area is 147 Å². The van der Waals surface area contributed by atoms with Crippen LogP contribution in [0.1, 0.15) is 24.8 Å². The van der Waals surface area contributed by atoms with Crippen LogP contribution in [0.3, 0.4) is 0 Å². The van der Waals surface area contributed by atoms with Gasteiger partial charge in [-0.3, -0.25) is 9.59 Å². The summed E-state index contributed by atoms with van der Waals surface area (Å²) in [6, 6.07) is 11.7. The first kappa shape index (κ1) is 17.2. The topological polar surface area (TPSA) is 78.1 Å². The maximum absolute atomic E-state index is 12.2. The summed E-state index contributed by atoms with van der Waals surface area (Å²) in [4.78, 5) is 25.8. The van der Waals surface area contributed by atoms with Crippen molar-refractivity contribution >= 4 is 11.6 Å². The number of hydrogen-bond donors (Lipinski definition) is 2. The van der Waals surface area contributed by atoms with Gasteiger partial charge in [-0.1, -0.05) is 30.3 Å². The van der Waals surface area contributed by atoms with E-state index >= 15 is 0 Å². The molecule has 1 atom stereocenters. The van der Waals surface area contributed by atoms with Crippen molar-refractivity contribution in [1.29, 1.82) is 0 Å². The molecule has 0 radical (unpaired) electrons. The SMILES string of the molecule is O=C(CC1CCCN(c2cn[nH]c(=O)c2)C1)NCCc1ccccc1. The molecule has 1 aliphatic rings. The predicted molar refractivity (Wildman–Crippen MR) is 97.6 cm³/mol. The molecule has 1 unspecified atom stereocenters. The van der Waals surface area contributed by atoms with E-state index in [0.717, 1.165) is 38.0 Å². The predicted octanol–water partition coefficient (Wildman–Crippen LogP) is 1.74. The molecule has 1 saturated heterocycles. The van der Waals surface area contributed by atoms with Crippen LogP contribution in [-0.2, 0) is 11.2 Å². The van der Waals surface area contributed by atoms with Crippen molar-refractivity contribution in [2.45, 2.75) is 25.7 Å². The van der Waals surface area contributed by atoms with Crippen molar-refractivity contribution in [1.82, 2.24) is 15.5 Å². The standard InChI is InChI=1S/C19H24N4O2/c24-18(20-9-8-15-5-2-1-3-6-15)11-16-7-4-10-23(14-16)17-12-19(25)22-21-13-17/h1-3,5-6,12-13,16H,4,7-11,14H2,(H,20,24)(H,22,25). The van der Waals surface area contributed by atoms with E-state index in [4.69, 9.17) is 0 Å². The number of nitrogens with one attached hydrogen (secondary N) is 2. The Kier molecular flexibility index (Phi) is 5.82. The van der Waals surface area contributed by atoms with Gasteiger partial charge in [0, 0.05) is 32.1 Å². The summed E-state index contributed by atoms with van der Waals surface area (Å²) in [6.45, 7) is 2.35. The number of carbonyl (C=O) groups is 1. The summed E-state index contributed by atoms with van der Waals surface area (Å²) in [5.41, 5.74) is 1.87. The van der Waals surface area contributed by atoms with Gasteiger partial charge in [0.2, 0.25) is 5.91 Å². The van der Waals surface area contributed by atoms with Crippen LogP contribution in [0, 0.1) is 5.92 Å². The molecule has 2 heterocycles. The number of aromatic amines is 1. The highest BCUT2D eigenvalue weighted by atomic mass is 16.1. The minimum atomic E-state index is -0.196. The van der Waals surface area contributed by atoms with Gasteiger partial charge in [0.25, 0.3) is 5.56 Å². The number of anilines is 1. The van der Waals surface area contributed by atoms with Crippen LogP contribution in [0.4, 0.5) is 5.69 Å². The summed E-state index contributed by atoms with van der Waals surface area (Å²) in [7, 11) is 0. The molecule has 132 valence electrons. The van der Waals surface area contributed by atoms with Gasteiger partial charge in [-0.2, -0.15) is 5.10 Å². The number of H-pyrrole nitrogens is 1. The van der Waals surface area contributed by atoms with Crippen molar-refractivity contribution in [3.63, 3.8) is 0 Å². The van der Waals surface area contributed by atoms with Gasteiger partial charge in [0.05, 0.1) is 11.9 Å². The lowest BCUT2D eigenvalue weighted by atomic mass is 9.94. The summed E-state index contributed by atoms with van der Waals surface area (Å²) in [5.74, 6) is 0.413. The Balaban J connectivity index is 1.45. The molecule has 1 fully saturated rings. The highest BCUT2D eigenvalue weighted by molar-refractivity contribution is 5.76. The Morgan fingerprint density at radius 3 is 2.96 bits per heavy atom. The first-order valence-corrected chi connectivity index (χ1v) is 8.81. The van der Waals surface area contributed by atoms with Crippen LogP contribution in [0.15, 0.2) is 47.4 Å². The fourth-order valence-corrected chi connectivity index (χ4v) is 3.33. The van der Waals surface area contributed by atoms with Crippen LogP contribution in [-0.4, -0.2) is 35.7 Å². The number of aromatic nitrogens is 2. The van der Waals surface area contributed by atoms with Gasteiger partial charge in [-0.25, -0.2) is 5.10 Å². The lowest BCUT2D eigenvalue weighted by Crippen LogP contribution is -2.38. The van der Waals surface area contributed by atoms with E-state index in [1.54, 1.807) is 12.3 Å². The molecule has 0 aliphatic carbocycles. The second kappa shape index (κ2) is 8.46. The fourth-order valence-electron chi connectivity index (χ4n) is 3.33. The first-order chi connectivity index (χ1) is 12.2. The number of nitrogens with zero attached hydrogens (tertiary/aromatic N) is 2. The fraction of sp³-hybridized carbons (Fsp3) is 0.421. The Hall–Kier alpha value is -2.63. The molecule has 1 aromatic carbocycles. The first-order valence-electron chi connectivity index (χ1n) is 8.81. The van der Waals surface area contributed by atoms with Gasteiger partial charge >= 0.3 is 0 Å². The molecule has 1 amide bonds. The average Bonchev–Trinajstić information content (AvgIpc) is 2.63. The minimum Gasteiger partial charge on any atom is -0.370 e. The van der Waals surface area contributed by atoms with Crippen molar-refractivity contribution in [3.8, 4) is 0 Å². The van der Waals surface area contributed by atoms with E-state index in [9.17, 15) is 9.59 Å². The summed E-state index contributed by atoms with van der Waals surface area (Å²) in [5, 5.41) is 9.27. The molecule has 0 bridgehead atoms. The molecule has 25 heavy (non-hydrogen) atoms. The van der Waals surface area contributed by atoms with Gasteiger partial charge in [-0.05, 0) is 30.7 Å². The maximum Gasteiger partial charge on any atom is 0.266 e. The summed E-state index contributed by atoms with van der Waals surface area (Å²) >= 11 is 0. The quantitative estimate of drug-likeness (QED) is 0.839. The van der Waals surface area contributed by atoms with Gasteiger partial charge in [0.1, 0.15) is 0 Å². The zero-order valence-corrected chi connectivity index (χ0v) is 14.3. The van der Waals surface area contributed by atoms with E-state index in [2.05, 4.69) is 32.5 Å². The van der Waals surface area contributed by atoms with Crippen LogP contribution in [0.25, 0.3) is 0 Å². The van der Waals surface area contributed by atoms with E-state index in [-0.39, 0.29) is 11.5 Å². The van der Waals surface area contributed by atoms with E-state index in [1.165, 1.54) is 5.56 Å². The zero-order valence-electron chi connectivity index (χ0n) is 14.3. The van der Waals surface area contributed by atoms with Crippen LogP contribution in [0.5, 0.6) is 0 Å². The third-order valence-electron chi connectivity index (χ3n) is 4.59. The van der Waals surface area contributed by atoms with E-state index < -0.39 is 0 Å². The maximum atomic E-state index is 12.2. The Morgan fingerprint density at radius 1 is 1.32 bits per heavy atom. The second-order valence-corrected chi connectivity index (χ2v) is 6.55. The lowest BCUT2D eigenvalue weighted by Gasteiger charge is -2.33. The lowest BCUT2D eigenvalue weighted by molar-refractivity contribution is -0.122. The molecule has 6 heteroatoms. The zero-order chi connectivity index (χ0) is 17.5. The summed E-state index contributed by atoms with van der Waals surface area (Å²) in [6.07, 6.45) is 5.11. The highest BCUT2D eigenvalue weighted by Gasteiger charge is 2.22. The van der Waals surface area contributed by atoms with Gasteiger partial charge in [0.15, 0.2) is 0 Å². The Bertz CT molecular complexity index is 744. The third-order valence-corrected chi connectivity index (χ3v) is 4.59. The number of benzene rings is 1. The molecule has 1 aliphatic heterocycles. The van der Waals surface area contributed by atoms with Crippen molar-refractivity contribution in [2.24, 2.45) is 5.92 Å². The van der Waals surface area contributed by atoms with Crippen molar-refractivity contribution < 1.29 is 4.79 Å². The average molecular weight is 340 g/mol. The smallest absolute Gasteiger partial charge is 0.266 e. The highest BCUT2D eigenvalue weighted by Crippen LogP contribution is 2.23. The number of hydrogen-bond acceptors (Lipinski definition) is 4. The second-order valence-electron chi connectivity index (χ2n) is 6.55. The largest absolute Gasteiger partial charge is 0.370 e. The number of carbonyl (C=O) groups excluding carboxylic acids is 1. The van der Waals surface area contributed by atoms with Crippen molar-refractivity contribution in [3.05, 3.63) is 58.5 Å². The van der Waals surface area contributed by atoms with Crippen LogP contribution in [0.2, 0.25) is 0 Å².